The van der Waals surface area contributed by atoms with E-state index in [1.165, 1.54) is 0 Å². The van der Waals surface area contributed by atoms with Gasteiger partial charge in [-0.2, -0.15) is 0 Å². The summed E-state index contributed by atoms with van der Waals surface area (Å²) < 4.78 is 11.2. The van der Waals surface area contributed by atoms with Gasteiger partial charge in [0, 0.05) is 20.3 Å². The van der Waals surface area contributed by atoms with Crippen LogP contribution in [-0.2, 0) is 38.3 Å². The number of anilines is 2. The van der Waals surface area contributed by atoms with Crippen LogP contribution in [0.2, 0.25) is 0 Å². The minimum Gasteiger partial charge on any atom is -0.383 e. The van der Waals surface area contributed by atoms with Crippen LogP contribution < -0.4 is 9.80 Å². The number of nitrogens with zero attached hydrogens (tertiary/aromatic N) is 2. The molecule has 6 nitrogen and oxygen atoms in total. The Morgan fingerprint density at radius 3 is 1.88 bits per heavy atom. The molecule has 0 radical (unpaired) electrons. The predicted octanol–water partition coefficient (Wildman–Crippen LogP) is 6.72. The topological polar surface area (TPSA) is 59.1 Å². The normalized spacial score (nSPS) is 13.5. The second-order valence-corrected chi connectivity index (χ2v) is 10.9. The number of ether oxygens (including phenoxy) is 2. The molecule has 0 saturated heterocycles. The Labute approximate surface area is 250 Å². The molecule has 0 aliphatic carbocycles. The smallest absolute Gasteiger partial charge is 0.247 e. The molecule has 0 aliphatic heterocycles. The predicted molar refractivity (Wildman–Crippen MR) is 167 cm³/mol. The first-order valence-corrected chi connectivity index (χ1v) is 15.2. The second kappa shape index (κ2) is 17.0. The van der Waals surface area contributed by atoms with Crippen molar-refractivity contribution in [3.8, 4) is 0 Å². The van der Waals surface area contributed by atoms with Crippen LogP contribution in [0.5, 0.6) is 0 Å². The third kappa shape index (κ3) is 8.22. The van der Waals surface area contributed by atoms with E-state index in [4.69, 9.17) is 32.7 Å². The lowest BCUT2D eigenvalue weighted by molar-refractivity contribution is -0.123. The summed E-state index contributed by atoms with van der Waals surface area (Å²) in [5.41, 5.74) is 5.64. The van der Waals surface area contributed by atoms with E-state index in [-0.39, 0.29) is 6.04 Å². The Bertz CT molecular complexity index is 1090. The summed E-state index contributed by atoms with van der Waals surface area (Å²) in [6, 6.07) is 11.7. The Hall–Kier alpha value is -2.12. The van der Waals surface area contributed by atoms with Crippen molar-refractivity contribution in [2.24, 2.45) is 0 Å². The van der Waals surface area contributed by atoms with Gasteiger partial charge in [-0.3, -0.25) is 9.59 Å². The maximum Gasteiger partial charge on any atom is 0.247 e. The number of para-hydroxylation sites is 2. The molecule has 0 spiro atoms. The molecule has 222 valence electrons. The van der Waals surface area contributed by atoms with Gasteiger partial charge in [-0.1, -0.05) is 64.1 Å². The summed E-state index contributed by atoms with van der Waals surface area (Å²) in [6.45, 7) is 13.6. The fourth-order valence-corrected chi connectivity index (χ4v) is 5.48. The molecular formula is C32H46Cl2N2O4. The Morgan fingerprint density at radius 2 is 1.35 bits per heavy atom. The van der Waals surface area contributed by atoms with Crippen molar-refractivity contribution in [2.75, 3.05) is 43.3 Å². The Balaban J connectivity index is 2.51. The van der Waals surface area contributed by atoms with E-state index < -0.39 is 22.6 Å². The molecule has 40 heavy (non-hydrogen) atoms. The number of aryl methyl sites for hydroxylation is 4. The minimum atomic E-state index is -1.30. The van der Waals surface area contributed by atoms with Gasteiger partial charge in [0.25, 0.3) is 0 Å². The van der Waals surface area contributed by atoms with E-state index in [0.717, 1.165) is 59.3 Å². The molecule has 0 aliphatic rings. The van der Waals surface area contributed by atoms with Crippen LogP contribution in [0.4, 0.5) is 11.4 Å². The van der Waals surface area contributed by atoms with E-state index in [1.807, 2.05) is 64.1 Å². The molecule has 3 atom stereocenters. The summed E-state index contributed by atoms with van der Waals surface area (Å²) in [5, 5.41) is -2.59. The highest BCUT2D eigenvalue weighted by Gasteiger charge is 2.39. The number of halogens is 2. The van der Waals surface area contributed by atoms with Gasteiger partial charge in [0.2, 0.25) is 11.8 Å². The van der Waals surface area contributed by atoms with Crippen LogP contribution in [0.25, 0.3) is 0 Å². The van der Waals surface area contributed by atoms with Crippen LogP contribution in [0.3, 0.4) is 0 Å². The van der Waals surface area contributed by atoms with Crippen molar-refractivity contribution < 1.29 is 19.1 Å². The first kappa shape index (κ1) is 34.1. The summed E-state index contributed by atoms with van der Waals surface area (Å²) in [6.07, 6.45) is 3.10. The average Bonchev–Trinajstić information content (AvgIpc) is 2.96. The van der Waals surface area contributed by atoms with Crippen LogP contribution in [0.1, 0.15) is 63.3 Å². The average molecular weight is 594 g/mol. The van der Waals surface area contributed by atoms with Crippen LogP contribution in [0.15, 0.2) is 36.4 Å². The zero-order valence-corrected chi connectivity index (χ0v) is 26.6. The zero-order chi connectivity index (χ0) is 29.8. The molecule has 2 rings (SSSR count). The van der Waals surface area contributed by atoms with Gasteiger partial charge in [-0.05, 0) is 61.8 Å². The monoisotopic (exact) mass is 592 g/mol. The SMILES string of the molecule is CCCOCCN(C(=O)C(Cl)C(Cl)C(=O)N(c1c(C)cccc1CC)C(C)COC)c1c(CC)cccc1CC. The molecule has 2 aromatic rings. The van der Waals surface area contributed by atoms with Gasteiger partial charge in [-0.15, -0.1) is 23.2 Å². The number of carbonyl (C=O) groups excluding carboxylic acids is 2. The number of amides is 2. The highest BCUT2D eigenvalue weighted by atomic mass is 35.5. The largest absolute Gasteiger partial charge is 0.383 e. The third-order valence-electron chi connectivity index (χ3n) is 7.07. The van der Waals surface area contributed by atoms with Gasteiger partial charge in [0.1, 0.15) is 10.8 Å². The van der Waals surface area contributed by atoms with Gasteiger partial charge < -0.3 is 19.3 Å². The van der Waals surface area contributed by atoms with Gasteiger partial charge in [0.15, 0.2) is 0 Å². The maximum atomic E-state index is 14.1. The Kier molecular flexibility index (Phi) is 14.5. The number of carbonyl (C=O) groups is 2. The molecule has 0 N–H and O–H groups in total. The number of methoxy groups -OCH3 is 1. The van der Waals surface area contributed by atoms with Gasteiger partial charge in [-0.25, -0.2) is 0 Å². The molecule has 2 amide bonds. The van der Waals surface area contributed by atoms with Crippen molar-refractivity contribution in [1.82, 2.24) is 0 Å². The fraction of sp³-hybridized carbons (Fsp3) is 0.562. The second-order valence-electron chi connectivity index (χ2n) is 9.99. The maximum absolute atomic E-state index is 14.1. The van der Waals surface area contributed by atoms with Crippen molar-refractivity contribution in [3.63, 3.8) is 0 Å². The number of alkyl halides is 2. The molecule has 0 fully saturated rings. The quantitative estimate of drug-likeness (QED) is 0.160. The van der Waals surface area contributed by atoms with Gasteiger partial charge >= 0.3 is 0 Å². The minimum absolute atomic E-state index is 0.304. The lowest BCUT2D eigenvalue weighted by Gasteiger charge is -2.35. The van der Waals surface area contributed by atoms with Crippen molar-refractivity contribution in [1.29, 1.82) is 0 Å². The molecule has 3 unspecified atom stereocenters. The molecule has 0 saturated carbocycles. The van der Waals surface area contributed by atoms with Crippen molar-refractivity contribution >= 4 is 46.4 Å². The molecular weight excluding hydrogens is 547 g/mol. The summed E-state index contributed by atoms with van der Waals surface area (Å²) in [4.78, 5) is 31.5. The Morgan fingerprint density at radius 1 is 0.825 bits per heavy atom. The van der Waals surface area contributed by atoms with E-state index in [0.29, 0.717) is 26.4 Å². The highest BCUT2D eigenvalue weighted by molar-refractivity contribution is 6.45. The number of benzene rings is 2. The van der Waals surface area contributed by atoms with E-state index >= 15 is 0 Å². The third-order valence-corrected chi connectivity index (χ3v) is 8.07. The van der Waals surface area contributed by atoms with Crippen molar-refractivity contribution in [3.05, 3.63) is 58.7 Å². The fourth-order valence-electron chi connectivity index (χ4n) is 5.04. The van der Waals surface area contributed by atoms with Gasteiger partial charge in [0.05, 0.1) is 30.6 Å². The standard InChI is InChI=1S/C32H46Cl2N2O4/c1-8-19-40-20-18-35(30-25(10-3)16-13-17-26(30)11-4)31(37)27(33)28(34)32(38)36(23(6)21-39-7)29-22(5)14-12-15-24(29)9-2/h12-17,23,27-28H,8-11,18-21H2,1-7H3. The lowest BCUT2D eigenvalue weighted by atomic mass is 10.0. The van der Waals surface area contributed by atoms with E-state index in [2.05, 4.69) is 13.8 Å². The molecule has 0 aromatic heterocycles. The first-order valence-electron chi connectivity index (χ1n) is 14.4. The molecule has 2 aromatic carbocycles. The molecule has 8 heteroatoms. The van der Waals surface area contributed by atoms with Crippen molar-refractivity contribution in [2.45, 2.75) is 84.0 Å². The number of rotatable bonds is 16. The number of hydrogen-bond acceptors (Lipinski definition) is 4. The van der Waals surface area contributed by atoms with E-state index in [1.54, 1.807) is 16.9 Å². The molecule has 0 heterocycles. The summed E-state index contributed by atoms with van der Waals surface area (Å²) in [7, 11) is 1.60. The van der Waals surface area contributed by atoms with Crippen LogP contribution in [-0.4, -0.2) is 62.1 Å². The lowest BCUT2D eigenvalue weighted by Crippen LogP contribution is -2.52. The van der Waals surface area contributed by atoms with Crippen LogP contribution >= 0.6 is 23.2 Å². The summed E-state index contributed by atoms with van der Waals surface area (Å²) >= 11 is 13.7. The number of hydrogen-bond donors (Lipinski definition) is 0. The van der Waals surface area contributed by atoms with Crippen LogP contribution in [0, 0.1) is 6.92 Å². The highest BCUT2D eigenvalue weighted by Crippen LogP contribution is 2.32. The van der Waals surface area contributed by atoms with E-state index in [9.17, 15) is 9.59 Å². The zero-order valence-electron chi connectivity index (χ0n) is 25.1. The molecule has 0 bridgehead atoms. The first-order chi connectivity index (χ1) is 19.2. The summed E-state index contributed by atoms with van der Waals surface area (Å²) in [5.74, 6) is -0.837.